The summed E-state index contributed by atoms with van der Waals surface area (Å²) in [5.41, 5.74) is -2.09. The van der Waals surface area contributed by atoms with Crippen molar-refractivity contribution in [3.63, 3.8) is 0 Å². The van der Waals surface area contributed by atoms with Crippen LogP contribution >= 0.6 is 12.2 Å². The van der Waals surface area contributed by atoms with Crippen molar-refractivity contribution in [1.82, 2.24) is 10.6 Å². The zero-order valence-corrected chi connectivity index (χ0v) is 11.6. The molecule has 2 N–H and O–H groups in total. The average molecular weight is 316 g/mol. The molecule has 0 spiro atoms. The first kappa shape index (κ1) is 15.5. The van der Waals surface area contributed by atoms with Crippen molar-refractivity contribution in [3.8, 4) is 0 Å². The maximum atomic E-state index is 12.8. The normalized spacial score (nSPS) is 22.5. The largest absolute Gasteiger partial charge is 0.416 e. The molecule has 1 aromatic rings. The van der Waals surface area contributed by atoms with Crippen LogP contribution in [0.15, 0.2) is 36.4 Å². The zero-order valence-electron chi connectivity index (χ0n) is 10.8. The van der Waals surface area contributed by atoms with Crippen LogP contribution in [0.25, 0.3) is 0 Å². The van der Waals surface area contributed by atoms with Crippen LogP contribution in [0.3, 0.4) is 0 Å². The molecule has 0 saturated carbocycles. The molecule has 1 aliphatic rings. The van der Waals surface area contributed by atoms with Crippen LogP contribution in [-0.2, 0) is 21.4 Å². The van der Waals surface area contributed by atoms with Crippen LogP contribution in [0.2, 0.25) is 0 Å². The third-order valence-electron chi connectivity index (χ3n) is 2.95. The second-order valence-electron chi connectivity index (χ2n) is 4.30. The molecular formula is C13H11F3N2O2S. The highest BCUT2D eigenvalue weighted by Crippen LogP contribution is 2.33. The number of halogens is 3. The van der Waals surface area contributed by atoms with Gasteiger partial charge in [0.2, 0.25) is 5.91 Å². The number of amides is 1. The van der Waals surface area contributed by atoms with Crippen molar-refractivity contribution in [2.24, 2.45) is 0 Å². The van der Waals surface area contributed by atoms with Gasteiger partial charge in [0, 0.05) is 18.7 Å². The number of alkyl halides is 3. The summed E-state index contributed by atoms with van der Waals surface area (Å²) in [5, 5.41) is 4.99. The van der Waals surface area contributed by atoms with Gasteiger partial charge in [-0.25, -0.2) is 0 Å². The Bertz CT molecular complexity index is 616. The van der Waals surface area contributed by atoms with Gasteiger partial charge >= 0.3 is 6.18 Å². The standard InChI is InChI=1S/C13H11F3N2O2S/c1-20-12(6-5-10(19)17-11(21)18-12)8-3-2-4-9(7-8)13(14,15)16/h2-7H,1H3,(H2,17,18,19,21). The number of nitrogens with one attached hydrogen (secondary N) is 2. The molecule has 1 aromatic carbocycles. The molecule has 0 bridgehead atoms. The van der Waals surface area contributed by atoms with E-state index in [-0.39, 0.29) is 10.7 Å². The predicted molar refractivity (Wildman–Crippen MR) is 73.1 cm³/mol. The SMILES string of the molecule is COC1(c2cccc(C(F)(F)F)c2)C=CC(=O)NC(=S)N1. The molecule has 1 amide bonds. The van der Waals surface area contributed by atoms with E-state index < -0.39 is 23.4 Å². The maximum Gasteiger partial charge on any atom is 0.416 e. The van der Waals surface area contributed by atoms with Crippen LogP contribution < -0.4 is 10.6 Å². The van der Waals surface area contributed by atoms with E-state index in [1.165, 1.54) is 25.3 Å². The fraction of sp³-hybridized carbons (Fsp3) is 0.231. The van der Waals surface area contributed by atoms with Crippen LogP contribution in [0.4, 0.5) is 13.2 Å². The van der Waals surface area contributed by atoms with E-state index in [0.29, 0.717) is 0 Å². The van der Waals surface area contributed by atoms with Gasteiger partial charge in [0.25, 0.3) is 0 Å². The maximum absolute atomic E-state index is 12.8. The van der Waals surface area contributed by atoms with Gasteiger partial charge in [-0.05, 0) is 30.4 Å². The van der Waals surface area contributed by atoms with E-state index in [4.69, 9.17) is 17.0 Å². The summed E-state index contributed by atoms with van der Waals surface area (Å²) in [6.07, 6.45) is -2.01. The second kappa shape index (κ2) is 5.45. The van der Waals surface area contributed by atoms with E-state index in [0.717, 1.165) is 18.2 Å². The molecule has 4 nitrogen and oxygen atoms in total. The summed E-state index contributed by atoms with van der Waals surface area (Å²) in [4.78, 5) is 11.4. The van der Waals surface area contributed by atoms with Crippen molar-refractivity contribution in [2.75, 3.05) is 7.11 Å². The molecule has 8 heteroatoms. The Hall–Kier alpha value is -1.93. The lowest BCUT2D eigenvalue weighted by Crippen LogP contribution is -2.49. The minimum absolute atomic E-state index is 0.0377. The van der Waals surface area contributed by atoms with Gasteiger partial charge in [0.05, 0.1) is 5.56 Å². The quantitative estimate of drug-likeness (QED) is 0.820. The number of benzene rings is 1. The van der Waals surface area contributed by atoms with E-state index in [1.54, 1.807) is 0 Å². The number of thiocarbonyl (C=S) groups is 1. The molecule has 0 radical (unpaired) electrons. The Balaban J connectivity index is 2.52. The molecule has 0 aromatic heterocycles. The van der Waals surface area contributed by atoms with Gasteiger partial charge in [-0.3, -0.25) is 10.1 Å². The summed E-state index contributed by atoms with van der Waals surface area (Å²) in [6, 6.07) is 4.61. The topological polar surface area (TPSA) is 50.4 Å². The summed E-state index contributed by atoms with van der Waals surface area (Å²) in [7, 11) is 1.30. The smallest absolute Gasteiger partial charge is 0.351 e. The number of rotatable bonds is 2. The molecule has 0 saturated heterocycles. The first-order valence-corrected chi connectivity index (χ1v) is 6.23. The van der Waals surface area contributed by atoms with Crippen molar-refractivity contribution < 1.29 is 22.7 Å². The van der Waals surface area contributed by atoms with E-state index in [9.17, 15) is 18.0 Å². The van der Waals surface area contributed by atoms with Gasteiger partial charge in [-0.1, -0.05) is 12.1 Å². The highest BCUT2D eigenvalue weighted by atomic mass is 32.1. The molecule has 0 aliphatic carbocycles. The first-order valence-electron chi connectivity index (χ1n) is 5.82. The molecular weight excluding hydrogens is 305 g/mol. The predicted octanol–water partition coefficient (Wildman–Crippen LogP) is 2.07. The van der Waals surface area contributed by atoms with Crippen molar-refractivity contribution in [3.05, 3.63) is 47.5 Å². The lowest BCUT2D eigenvalue weighted by Gasteiger charge is -2.31. The Morgan fingerprint density at radius 1 is 1.33 bits per heavy atom. The minimum Gasteiger partial charge on any atom is -0.351 e. The van der Waals surface area contributed by atoms with Gasteiger partial charge in [-0.2, -0.15) is 13.2 Å². The van der Waals surface area contributed by atoms with Crippen LogP contribution in [0.1, 0.15) is 11.1 Å². The van der Waals surface area contributed by atoms with E-state index >= 15 is 0 Å². The second-order valence-corrected chi connectivity index (χ2v) is 4.70. The highest BCUT2D eigenvalue weighted by molar-refractivity contribution is 7.80. The molecule has 2 rings (SSSR count). The summed E-state index contributed by atoms with van der Waals surface area (Å²) < 4.78 is 43.7. The Morgan fingerprint density at radius 3 is 2.67 bits per heavy atom. The molecule has 0 fully saturated rings. The molecule has 112 valence electrons. The lowest BCUT2D eigenvalue weighted by molar-refractivity contribution is -0.137. The highest BCUT2D eigenvalue weighted by Gasteiger charge is 2.36. The number of carbonyl (C=O) groups is 1. The summed E-state index contributed by atoms with van der Waals surface area (Å²) in [6.45, 7) is 0. The number of ether oxygens (including phenoxy) is 1. The average Bonchev–Trinajstić information content (AvgIpc) is 2.57. The Labute approximate surface area is 124 Å². The molecule has 1 atom stereocenters. The Kier molecular flexibility index (Phi) is 4.02. The molecule has 1 unspecified atom stereocenters. The Morgan fingerprint density at radius 2 is 2.05 bits per heavy atom. The third-order valence-corrected chi connectivity index (χ3v) is 3.15. The fourth-order valence-electron chi connectivity index (χ4n) is 1.92. The monoisotopic (exact) mass is 316 g/mol. The number of hydrogen-bond acceptors (Lipinski definition) is 3. The van der Waals surface area contributed by atoms with E-state index in [1.807, 2.05) is 0 Å². The van der Waals surface area contributed by atoms with Gasteiger partial charge in [0.1, 0.15) is 0 Å². The van der Waals surface area contributed by atoms with Gasteiger partial charge in [0.15, 0.2) is 10.8 Å². The lowest BCUT2D eigenvalue weighted by atomic mass is 9.99. The molecule has 21 heavy (non-hydrogen) atoms. The van der Waals surface area contributed by atoms with Crippen molar-refractivity contribution >= 4 is 23.2 Å². The summed E-state index contributed by atoms with van der Waals surface area (Å²) >= 11 is 4.91. The molecule has 1 heterocycles. The first-order chi connectivity index (χ1) is 9.77. The minimum atomic E-state index is -4.48. The van der Waals surface area contributed by atoms with Crippen molar-refractivity contribution in [1.29, 1.82) is 0 Å². The number of methoxy groups -OCH3 is 1. The van der Waals surface area contributed by atoms with Crippen LogP contribution in [0.5, 0.6) is 0 Å². The number of hydrogen-bond donors (Lipinski definition) is 2. The zero-order chi connectivity index (χ0) is 15.7. The van der Waals surface area contributed by atoms with Crippen LogP contribution in [0, 0.1) is 0 Å². The number of carbonyl (C=O) groups excluding carboxylic acids is 1. The van der Waals surface area contributed by atoms with Crippen molar-refractivity contribution in [2.45, 2.75) is 11.9 Å². The fourth-order valence-corrected chi connectivity index (χ4v) is 2.17. The van der Waals surface area contributed by atoms with Crippen LogP contribution in [-0.4, -0.2) is 18.1 Å². The van der Waals surface area contributed by atoms with Gasteiger partial charge in [-0.15, -0.1) is 0 Å². The molecule has 1 aliphatic heterocycles. The summed E-state index contributed by atoms with van der Waals surface area (Å²) in [5.74, 6) is -0.488. The third kappa shape index (κ3) is 3.22. The van der Waals surface area contributed by atoms with Gasteiger partial charge < -0.3 is 10.1 Å². The van der Waals surface area contributed by atoms with E-state index in [2.05, 4.69) is 10.6 Å².